The predicted molar refractivity (Wildman–Crippen MR) is 96.8 cm³/mol. The summed E-state index contributed by atoms with van der Waals surface area (Å²) >= 11 is 0. The maximum Gasteiger partial charge on any atom is 0.140 e. The quantitative estimate of drug-likeness (QED) is 0.561. The van der Waals surface area contributed by atoms with Crippen LogP contribution in [0.2, 0.25) is 0 Å². The van der Waals surface area contributed by atoms with E-state index in [0.29, 0.717) is 0 Å². The molecule has 1 heterocycles. The van der Waals surface area contributed by atoms with Crippen molar-refractivity contribution in [3.05, 3.63) is 54.6 Å². The Labute approximate surface area is 140 Å². The Kier molecular flexibility index (Phi) is 3.38. The summed E-state index contributed by atoms with van der Waals surface area (Å²) < 4.78 is 12.7. The van der Waals surface area contributed by atoms with Gasteiger partial charge in [0.2, 0.25) is 0 Å². The van der Waals surface area contributed by atoms with E-state index in [-0.39, 0.29) is 0 Å². The van der Waals surface area contributed by atoms with Gasteiger partial charge in [-0.2, -0.15) is 0 Å². The zero-order chi connectivity index (χ0) is 16.7. The van der Waals surface area contributed by atoms with Gasteiger partial charge in [0.25, 0.3) is 0 Å². The Balaban J connectivity index is 1.94. The van der Waals surface area contributed by atoms with E-state index in [1.807, 2.05) is 43.4 Å². The highest BCUT2D eigenvalue weighted by atomic mass is 16.5. The van der Waals surface area contributed by atoms with Gasteiger partial charge in [0.15, 0.2) is 0 Å². The Bertz CT molecular complexity index is 1030. The average Bonchev–Trinajstić information content (AvgIpc) is 2.98. The molecule has 0 unspecified atom stereocenters. The molecule has 120 valence electrons. The largest absolute Gasteiger partial charge is 0.497 e. The molecular weight excluding hydrogens is 300 g/mol. The number of hydrogen-bond donors (Lipinski definition) is 0. The highest BCUT2D eigenvalue weighted by Crippen LogP contribution is 2.31. The lowest BCUT2D eigenvalue weighted by Crippen LogP contribution is -1.92. The van der Waals surface area contributed by atoms with Gasteiger partial charge in [0.1, 0.15) is 17.3 Å². The molecule has 0 spiro atoms. The number of ether oxygens (including phenoxy) is 2. The number of aryl methyl sites for hydroxylation is 1. The highest BCUT2D eigenvalue weighted by Gasteiger charge is 2.12. The first kappa shape index (κ1) is 14.6. The van der Waals surface area contributed by atoms with Crippen LogP contribution in [0.15, 0.2) is 54.6 Å². The molecule has 4 rings (SSSR count). The van der Waals surface area contributed by atoms with Crippen molar-refractivity contribution in [1.82, 2.24) is 9.55 Å². The topological polar surface area (TPSA) is 36.3 Å². The number of fused-ring (bicyclic) bond motifs is 3. The molecule has 0 aliphatic rings. The fourth-order valence-electron chi connectivity index (χ4n) is 3.09. The van der Waals surface area contributed by atoms with E-state index >= 15 is 0 Å². The van der Waals surface area contributed by atoms with Crippen LogP contribution in [0, 0.1) is 0 Å². The third-order valence-electron chi connectivity index (χ3n) is 4.42. The normalized spacial score (nSPS) is 11.1. The average molecular weight is 318 g/mol. The SMILES string of the molecule is COc1ccc(-c2nc3c4ccc(OC)cc4ccc3n2C)cc1. The molecule has 4 nitrogen and oxygen atoms in total. The molecule has 0 aliphatic heterocycles. The van der Waals surface area contributed by atoms with Gasteiger partial charge in [0, 0.05) is 18.0 Å². The van der Waals surface area contributed by atoms with Crippen LogP contribution in [0.1, 0.15) is 0 Å². The van der Waals surface area contributed by atoms with E-state index in [9.17, 15) is 0 Å². The van der Waals surface area contributed by atoms with Crippen LogP contribution in [0.5, 0.6) is 11.5 Å². The van der Waals surface area contributed by atoms with E-state index in [1.54, 1.807) is 14.2 Å². The first-order valence-electron chi connectivity index (χ1n) is 7.79. The summed E-state index contributed by atoms with van der Waals surface area (Å²) in [6.07, 6.45) is 0. The maximum absolute atomic E-state index is 5.32. The fourth-order valence-corrected chi connectivity index (χ4v) is 3.09. The van der Waals surface area contributed by atoms with Crippen molar-refractivity contribution in [2.45, 2.75) is 0 Å². The Morgan fingerprint density at radius 1 is 0.833 bits per heavy atom. The van der Waals surface area contributed by atoms with Gasteiger partial charge in [0.05, 0.1) is 25.3 Å². The summed E-state index contributed by atoms with van der Waals surface area (Å²) in [5, 5.41) is 2.25. The number of benzene rings is 3. The number of nitrogens with zero attached hydrogens (tertiary/aromatic N) is 2. The van der Waals surface area contributed by atoms with Crippen molar-refractivity contribution in [3.8, 4) is 22.9 Å². The van der Waals surface area contributed by atoms with Crippen molar-refractivity contribution >= 4 is 21.8 Å². The third-order valence-corrected chi connectivity index (χ3v) is 4.42. The zero-order valence-electron chi connectivity index (χ0n) is 13.9. The van der Waals surface area contributed by atoms with Crippen LogP contribution < -0.4 is 9.47 Å². The molecule has 4 aromatic rings. The van der Waals surface area contributed by atoms with E-state index in [2.05, 4.69) is 22.8 Å². The molecule has 0 atom stereocenters. The highest BCUT2D eigenvalue weighted by molar-refractivity contribution is 6.05. The zero-order valence-corrected chi connectivity index (χ0v) is 13.9. The van der Waals surface area contributed by atoms with Gasteiger partial charge in [-0.05, 0) is 53.9 Å². The summed E-state index contributed by atoms with van der Waals surface area (Å²) in [4.78, 5) is 4.90. The molecule has 0 aliphatic carbocycles. The summed E-state index contributed by atoms with van der Waals surface area (Å²) in [6, 6.07) is 18.3. The lowest BCUT2D eigenvalue weighted by atomic mass is 10.1. The maximum atomic E-state index is 5.32. The van der Waals surface area contributed by atoms with E-state index in [4.69, 9.17) is 14.5 Å². The lowest BCUT2D eigenvalue weighted by Gasteiger charge is -2.04. The van der Waals surface area contributed by atoms with Crippen LogP contribution in [0.25, 0.3) is 33.2 Å². The van der Waals surface area contributed by atoms with Gasteiger partial charge < -0.3 is 14.0 Å². The first-order chi connectivity index (χ1) is 11.7. The number of rotatable bonds is 3. The van der Waals surface area contributed by atoms with E-state index in [0.717, 1.165) is 44.7 Å². The summed E-state index contributed by atoms with van der Waals surface area (Å²) in [7, 11) is 5.40. The molecule has 0 radical (unpaired) electrons. The van der Waals surface area contributed by atoms with Crippen LogP contribution >= 0.6 is 0 Å². The molecule has 0 N–H and O–H groups in total. The standard InChI is InChI=1S/C20H18N2O2/c1-22-18-11-6-14-12-16(24-3)9-10-17(14)19(18)21-20(22)13-4-7-15(23-2)8-5-13/h4-12H,1-3H3. The van der Waals surface area contributed by atoms with Gasteiger partial charge in [-0.3, -0.25) is 0 Å². The van der Waals surface area contributed by atoms with Gasteiger partial charge in [-0.15, -0.1) is 0 Å². The summed E-state index contributed by atoms with van der Waals surface area (Å²) in [5.74, 6) is 2.64. The first-order valence-corrected chi connectivity index (χ1v) is 7.79. The van der Waals surface area contributed by atoms with Crippen molar-refractivity contribution < 1.29 is 9.47 Å². The monoisotopic (exact) mass is 318 g/mol. The molecule has 3 aromatic carbocycles. The minimum absolute atomic E-state index is 0.843. The van der Waals surface area contributed by atoms with Crippen LogP contribution in [-0.2, 0) is 7.05 Å². The van der Waals surface area contributed by atoms with Crippen molar-refractivity contribution in [3.63, 3.8) is 0 Å². The van der Waals surface area contributed by atoms with E-state index < -0.39 is 0 Å². The number of imidazole rings is 1. The third kappa shape index (κ3) is 2.19. The lowest BCUT2D eigenvalue weighted by molar-refractivity contribution is 0.415. The van der Waals surface area contributed by atoms with Gasteiger partial charge in [-0.25, -0.2) is 4.98 Å². The Hall–Kier alpha value is -3.01. The Morgan fingerprint density at radius 2 is 1.54 bits per heavy atom. The molecule has 4 heteroatoms. The van der Waals surface area contributed by atoms with Crippen molar-refractivity contribution in [2.75, 3.05) is 14.2 Å². The minimum atomic E-state index is 0.843. The van der Waals surface area contributed by atoms with Gasteiger partial charge in [-0.1, -0.05) is 6.07 Å². The number of hydrogen-bond acceptors (Lipinski definition) is 3. The molecule has 0 bridgehead atoms. The van der Waals surface area contributed by atoms with Crippen molar-refractivity contribution in [2.24, 2.45) is 7.05 Å². The second-order valence-corrected chi connectivity index (χ2v) is 5.74. The van der Waals surface area contributed by atoms with Crippen molar-refractivity contribution in [1.29, 1.82) is 0 Å². The Morgan fingerprint density at radius 3 is 2.25 bits per heavy atom. The second kappa shape index (κ2) is 5.57. The van der Waals surface area contributed by atoms with Crippen LogP contribution in [0.3, 0.4) is 0 Å². The molecule has 0 saturated heterocycles. The van der Waals surface area contributed by atoms with Crippen LogP contribution in [0.4, 0.5) is 0 Å². The molecule has 1 aromatic heterocycles. The number of aromatic nitrogens is 2. The van der Waals surface area contributed by atoms with Crippen LogP contribution in [-0.4, -0.2) is 23.8 Å². The summed E-state index contributed by atoms with van der Waals surface area (Å²) in [5.41, 5.74) is 3.18. The minimum Gasteiger partial charge on any atom is -0.497 e. The summed E-state index contributed by atoms with van der Waals surface area (Å²) in [6.45, 7) is 0. The molecule has 0 saturated carbocycles. The molecular formula is C20H18N2O2. The van der Waals surface area contributed by atoms with E-state index in [1.165, 1.54) is 0 Å². The smallest absolute Gasteiger partial charge is 0.140 e. The molecule has 0 fully saturated rings. The van der Waals surface area contributed by atoms with Gasteiger partial charge >= 0.3 is 0 Å². The molecule has 0 amide bonds. The second-order valence-electron chi connectivity index (χ2n) is 5.74. The predicted octanol–water partition coefficient (Wildman–Crippen LogP) is 4.41. The molecule has 24 heavy (non-hydrogen) atoms. The fraction of sp³-hybridized carbons (Fsp3) is 0.150. The number of methoxy groups -OCH3 is 2.